The smallest absolute Gasteiger partial charge is 0.0291 e. The van der Waals surface area contributed by atoms with Crippen LogP contribution in [0.3, 0.4) is 0 Å². The maximum absolute atomic E-state index is 2.51. The second-order valence-corrected chi connectivity index (χ2v) is 14.7. The lowest BCUT2D eigenvalue weighted by molar-refractivity contribution is 1.05. The van der Waals surface area contributed by atoms with Crippen molar-refractivity contribution in [1.29, 1.82) is 0 Å². The Hall–Kier alpha value is -7.02. The topological polar surface area (TPSA) is 0 Å². The largest absolute Gasteiger partial charge is 0.0720 e. The standard InChI is InChI=1S/C55H36/c1-6-18-36(19-7-1)45-34-47-48(35-46(45)37-20-8-2-9-21-37)54-53(44-33-32-42-29-16-28-38-30-17-31-43(44)49(38)42)51(40-24-12-4-13-25-40)52(41-26-14-5-15-27-41)55(54)50(47)39-22-10-3-11-23-39/h1-35,44H. The number of fused-ring (bicyclic) bond motifs is 3. The van der Waals surface area contributed by atoms with Gasteiger partial charge < -0.3 is 0 Å². The number of hydrogen-bond acceptors (Lipinski definition) is 0. The molecule has 0 radical (unpaired) electrons. The lowest BCUT2D eigenvalue weighted by atomic mass is 9.76. The summed E-state index contributed by atoms with van der Waals surface area (Å²) in [6.45, 7) is 0. The van der Waals surface area contributed by atoms with Crippen LogP contribution in [0, 0.1) is 0 Å². The van der Waals surface area contributed by atoms with Crippen molar-refractivity contribution in [2.75, 3.05) is 0 Å². The minimum absolute atomic E-state index is 0.0389. The SMILES string of the molecule is C1=CC(C2=C3C(=C(c4ccccc4)c4cc(-c5ccccc5)c(-c5ccccc5)cc43)C(c3ccccc3)=C2c2ccccc2)c2cccc3cccc1c23. The van der Waals surface area contributed by atoms with Crippen LogP contribution in [-0.4, -0.2) is 0 Å². The molecule has 1 unspecified atom stereocenters. The Morgan fingerprint density at radius 3 is 1.31 bits per heavy atom. The molecule has 256 valence electrons. The van der Waals surface area contributed by atoms with Crippen LogP contribution in [0.5, 0.6) is 0 Å². The highest BCUT2D eigenvalue weighted by Crippen LogP contribution is 2.63. The Labute approximate surface area is 322 Å². The summed E-state index contributed by atoms with van der Waals surface area (Å²) in [5, 5.41) is 2.63. The molecule has 1 atom stereocenters. The van der Waals surface area contributed by atoms with E-state index in [0.717, 1.165) is 0 Å². The summed E-state index contributed by atoms with van der Waals surface area (Å²) in [5.74, 6) is 0.0389. The predicted molar refractivity (Wildman–Crippen MR) is 232 cm³/mol. The molecule has 8 aromatic rings. The van der Waals surface area contributed by atoms with E-state index in [9.17, 15) is 0 Å². The van der Waals surface area contributed by atoms with Gasteiger partial charge in [-0.05, 0) is 118 Å². The first-order valence-corrected chi connectivity index (χ1v) is 19.2. The summed E-state index contributed by atoms with van der Waals surface area (Å²) in [6.07, 6.45) is 4.83. The van der Waals surface area contributed by atoms with Gasteiger partial charge in [0.15, 0.2) is 0 Å². The van der Waals surface area contributed by atoms with Crippen LogP contribution in [0.25, 0.3) is 61.4 Å². The summed E-state index contributed by atoms with van der Waals surface area (Å²) in [6, 6.07) is 73.7. The van der Waals surface area contributed by atoms with Gasteiger partial charge in [-0.1, -0.05) is 200 Å². The number of rotatable bonds is 6. The Morgan fingerprint density at radius 1 is 0.309 bits per heavy atom. The Kier molecular flexibility index (Phi) is 7.35. The molecule has 0 aliphatic heterocycles. The van der Waals surface area contributed by atoms with Crippen molar-refractivity contribution in [3.05, 3.63) is 256 Å². The van der Waals surface area contributed by atoms with Crippen LogP contribution >= 0.6 is 0 Å². The first kappa shape index (κ1) is 31.5. The van der Waals surface area contributed by atoms with Gasteiger partial charge in [0, 0.05) is 5.92 Å². The van der Waals surface area contributed by atoms with E-state index in [1.807, 2.05) is 0 Å². The van der Waals surface area contributed by atoms with Gasteiger partial charge in [0.2, 0.25) is 0 Å². The third-order valence-corrected chi connectivity index (χ3v) is 11.7. The summed E-state index contributed by atoms with van der Waals surface area (Å²) in [7, 11) is 0. The molecule has 3 aliphatic rings. The fourth-order valence-corrected chi connectivity index (χ4v) is 9.40. The van der Waals surface area contributed by atoms with E-state index in [4.69, 9.17) is 0 Å². The van der Waals surface area contributed by atoms with Gasteiger partial charge in [0.25, 0.3) is 0 Å². The average molecular weight is 697 g/mol. The molecule has 0 nitrogen and oxygen atoms in total. The average Bonchev–Trinajstić information content (AvgIpc) is 3.77. The van der Waals surface area contributed by atoms with E-state index in [0.29, 0.717) is 0 Å². The van der Waals surface area contributed by atoms with Gasteiger partial charge in [0.1, 0.15) is 0 Å². The van der Waals surface area contributed by atoms with Crippen molar-refractivity contribution in [3.63, 3.8) is 0 Å². The van der Waals surface area contributed by atoms with Crippen LogP contribution in [0.4, 0.5) is 0 Å². The van der Waals surface area contributed by atoms with E-state index in [-0.39, 0.29) is 5.92 Å². The van der Waals surface area contributed by atoms with Crippen molar-refractivity contribution in [3.8, 4) is 22.3 Å². The molecule has 0 N–H and O–H groups in total. The first-order chi connectivity index (χ1) is 27.3. The van der Waals surface area contributed by atoms with Crippen molar-refractivity contribution < 1.29 is 0 Å². The van der Waals surface area contributed by atoms with Gasteiger partial charge in [0.05, 0.1) is 0 Å². The van der Waals surface area contributed by atoms with E-state index < -0.39 is 0 Å². The van der Waals surface area contributed by atoms with Crippen LogP contribution in [0.15, 0.2) is 217 Å². The van der Waals surface area contributed by atoms with E-state index >= 15 is 0 Å². The summed E-state index contributed by atoms with van der Waals surface area (Å²) >= 11 is 0. The van der Waals surface area contributed by atoms with Crippen molar-refractivity contribution in [2.24, 2.45) is 0 Å². The summed E-state index contributed by atoms with van der Waals surface area (Å²) in [5.41, 5.74) is 21.8. The zero-order chi connectivity index (χ0) is 36.3. The molecule has 0 heteroatoms. The van der Waals surface area contributed by atoms with E-state index in [2.05, 4.69) is 212 Å². The highest BCUT2D eigenvalue weighted by atomic mass is 14.4. The molecular formula is C55H36. The number of allylic oxidation sites excluding steroid dienone is 6. The maximum atomic E-state index is 2.51. The van der Waals surface area contributed by atoms with Gasteiger partial charge in [-0.25, -0.2) is 0 Å². The molecule has 0 fully saturated rings. The highest BCUT2D eigenvalue weighted by Gasteiger charge is 2.43. The minimum Gasteiger partial charge on any atom is -0.0720 e. The molecule has 8 aromatic carbocycles. The highest BCUT2D eigenvalue weighted by molar-refractivity contribution is 6.29. The third kappa shape index (κ3) is 4.99. The molecule has 0 saturated heterocycles. The Morgan fingerprint density at radius 2 is 0.764 bits per heavy atom. The van der Waals surface area contributed by atoms with Crippen LogP contribution in [0.2, 0.25) is 0 Å². The molecule has 11 rings (SSSR count). The lowest BCUT2D eigenvalue weighted by Crippen LogP contribution is -2.07. The molecule has 0 aromatic heterocycles. The molecular weight excluding hydrogens is 661 g/mol. The number of benzene rings is 8. The normalized spacial score (nSPS) is 15.5. The molecule has 55 heavy (non-hydrogen) atoms. The number of hydrogen-bond donors (Lipinski definition) is 0. The third-order valence-electron chi connectivity index (χ3n) is 11.7. The monoisotopic (exact) mass is 696 g/mol. The maximum Gasteiger partial charge on any atom is 0.0291 e. The van der Waals surface area contributed by atoms with Crippen LogP contribution in [0.1, 0.15) is 44.9 Å². The molecule has 0 amide bonds. The second kappa shape index (κ2) is 12.8. The molecule has 0 heterocycles. The van der Waals surface area contributed by atoms with E-state index in [1.165, 1.54) is 105 Å². The first-order valence-electron chi connectivity index (χ1n) is 19.2. The van der Waals surface area contributed by atoms with Crippen LogP contribution in [-0.2, 0) is 0 Å². The van der Waals surface area contributed by atoms with Gasteiger partial charge in [-0.2, -0.15) is 0 Å². The van der Waals surface area contributed by atoms with Gasteiger partial charge >= 0.3 is 0 Å². The summed E-state index contributed by atoms with van der Waals surface area (Å²) in [4.78, 5) is 0. The second-order valence-electron chi connectivity index (χ2n) is 14.7. The quantitative estimate of drug-likeness (QED) is 0.162. The fraction of sp³-hybridized carbons (Fsp3) is 0.0182. The van der Waals surface area contributed by atoms with Crippen molar-refractivity contribution >= 4 is 39.1 Å². The fourth-order valence-electron chi connectivity index (χ4n) is 9.40. The summed E-state index contributed by atoms with van der Waals surface area (Å²) < 4.78 is 0. The Bertz CT molecular complexity index is 2900. The van der Waals surface area contributed by atoms with E-state index in [1.54, 1.807) is 0 Å². The predicted octanol–water partition coefficient (Wildman–Crippen LogP) is 14.2. The van der Waals surface area contributed by atoms with Crippen molar-refractivity contribution in [2.45, 2.75) is 5.92 Å². The zero-order valence-electron chi connectivity index (χ0n) is 30.3. The Balaban J connectivity index is 1.33. The zero-order valence-corrected chi connectivity index (χ0v) is 30.3. The van der Waals surface area contributed by atoms with Gasteiger partial charge in [-0.15, -0.1) is 0 Å². The van der Waals surface area contributed by atoms with Crippen molar-refractivity contribution in [1.82, 2.24) is 0 Å². The molecule has 0 bridgehead atoms. The molecule has 0 saturated carbocycles. The van der Waals surface area contributed by atoms with Crippen LogP contribution < -0.4 is 0 Å². The lowest BCUT2D eigenvalue weighted by Gasteiger charge is -2.26. The molecule has 0 spiro atoms. The minimum atomic E-state index is 0.0389. The van der Waals surface area contributed by atoms with Gasteiger partial charge in [-0.3, -0.25) is 0 Å². The molecule has 3 aliphatic carbocycles.